The fourth-order valence-corrected chi connectivity index (χ4v) is 2.80. The molecule has 0 saturated heterocycles. The Morgan fingerprint density at radius 2 is 1.71 bits per heavy atom. The zero-order valence-corrected chi connectivity index (χ0v) is 14.0. The number of benzene rings is 1. The standard InChI is InChI=1S/C14H20ClNO4S/c1-4-10-7-12(21(15,18)19)8-11(5-2)14(10)16-13(17)9-20-6-3/h7-8H,4-6,9H2,1-3H3,(H,16,17). The second kappa shape index (κ2) is 7.77. The third-order valence-corrected chi connectivity index (χ3v) is 4.35. The molecule has 0 bridgehead atoms. The van der Waals surface area contributed by atoms with E-state index >= 15 is 0 Å². The van der Waals surface area contributed by atoms with Crippen molar-refractivity contribution in [3.8, 4) is 0 Å². The van der Waals surface area contributed by atoms with Gasteiger partial charge < -0.3 is 10.1 Å². The maximum absolute atomic E-state index is 11.8. The van der Waals surface area contributed by atoms with Crippen LogP contribution in [0.1, 0.15) is 31.9 Å². The Kier molecular flexibility index (Phi) is 6.64. The van der Waals surface area contributed by atoms with Crippen LogP contribution in [0, 0.1) is 0 Å². The Balaban J connectivity index is 3.21. The van der Waals surface area contributed by atoms with E-state index in [-0.39, 0.29) is 17.4 Å². The van der Waals surface area contributed by atoms with Gasteiger partial charge >= 0.3 is 0 Å². The number of rotatable bonds is 7. The monoisotopic (exact) mass is 333 g/mol. The maximum Gasteiger partial charge on any atom is 0.261 e. The molecule has 0 aliphatic carbocycles. The van der Waals surface area contributed by atoms with Crippen LogP contribution in [0.4, 0.5) is 5.69 Å². The SMILES string of the molecule is CCOCC(=O)Nc1c(CC)cc(S(=O)(=O)Cl)cc1CC. The summed E-state index contributed by atoms with van der Waals surface area (Å²) < 4.78 is 28.1. The number of nitrogens with one attached hydrogen (secondary N) is 1. The van der Waals surface area contributed by atoms with E-state index in [4.69, 9.17) is 15.4 Å². The van der Waals surface area contributed by atoms with Gasteiger partial charge in [0.15, 0.2) is 0 Å². The molecule has 1 N–H and O–H groups in total. The molecule has 118 valence electrons. The highest BCUT2D eigenvalue weighted by Gasteiger charge is 2.17. The summed E-state index contributed by atoms with van der Waals surface area (Å²) in [7, 11) is 1.62. The molecule has 0 aliphatic heterocycles. The number of carbonyl (C=O) groups is 1. The van der Waals surface area contributed by atoms with Gasteiger partial charge in [-0.2, -0.15) is 0 Å². The predicted octanol–water partition coefficient (Wildman–Crippen LogP) is 2.71. The van der Waals surface area contributed by atoms with Crippen molar-refractivity contribution in [1.29, 1.82) is 0 Å². The fraction of sp³-hybridized carbons (Fsp3) is 0.500. The summed E-state index contributed by atoms with van der Waals surface area (Å²) in [6.07, 6.45) is 1.16. The molecule has 0 aliphatic rings. The van der Waals surface area contributed by atoms with E-state index in [1.54, 1.807) is 0 Å². The van der Waals surface area contributed by atoms with Gasteiger partial charge in [0.1, 0.15) is 6.61 Å². The van der Waals surface area contributed by atoms with Crippen LogP contribution < -0.4 is 5.32 Å². The molecular formula is C14H20ClNO4S. The summed E-state index contributed by atoms with van der Waals surface area (Å²) in [5, 5.41) is 2.79. The van der Waals surface area contributed by atoms with Crippen molar-refractivity contribution in [2.75, 3.05) is 18.5 Å². The highest BCUT2D eigenvalue weighted by atomic mass is 35.7. The van der Waals surface area contributed by atoms with Crippen molar-refractivity contribution in [1.82, 2.24) is 0 Å². The number of hydrogen-bond acceptors (Lipinski definition) is 4. The highest BCUT2D eigenvalue weighted by molar-refractivity contribution is 8.13. The van der Waals surface area contributed by atoms with Gasteiger partial charge in [-0.3, -0.25) is 4.79 Å². The molecule has 7 heteroatoms. The van der Waals surface area contributed by atoms with E-state index in [0.29, 0.717) is 25.1 Å². The van der Waals surface area contributed by atoms with Crippen LogP contribution in [0.3, 0.4) is 0 Å². The lowest BCUT2D eigenvalue weighted by molar-refractivity contribution is -0.120. The lowest BCUT2D eigenvalue weighted by Gasteiger charge is -2.16. The van der Waals surface area contributed by atoms with Crippen LogP contribution in [0.15, 0.2) is 17.0 Å². The molecule has 21 heavy (non-hydrogen) atoms. The molecule has 1 rings (SSSR count). The smallest absolute Gasteiger partial charge is 0.261 e. The molecular weight excluding hydrogens is 314 g/mol. The fourth-order valence-electron chi connectivity index (χ4n) is 1.96. The van der Waals surface area contributed by atoms with Gasteiger partial charge in [0, 0.05) is 23.0 Å². The summed E-state index contributed by atoms with van der Waals surface area (Å²) in [5.74, 6) is -0.261. The molecule has 0 saturated carbocycles. The van der Waals surface area contributed by atoms with E-state index in [2.05, 4.69) is 5.32 Å². The summed E-state index contributed by atoms with van der Waals surface area (Å²) in [6, 6.07) is 3.00. The molecule has 0 fully saturated rings. The lowest BCUT2D eigenvalue weighted by Crippen LogP contribution is -2.20. The molecule has 0 spiro atoms. The van der Waals surface area contributed by atoms with Crippen LogP contribution in [-0.4, -0.2) is 27.5 Å². The zero-order valence-electron chi connectivity index (χ0n) is 12.4. The lowest BCUT2D eigenvalue weighted by atomic mass is 10.0. The maximum atomic E-state index is 11.8. The van der Waals surface area contributed by atoms with Crippen molar-refractivity contribution in [2.45, 2.75) is 38.5 Å². The van der Waals surface area contributed by atoms with E-state index in [1.165, 1.54) is 12.1 Å². The number of ether oxygens (including phenoxy) is 1. The Bertz CT molecular complexity index is 588. The number of anilines is 1. The second-order valence-corrected chi connectivity index (χ2v) is 7.01. The molecule has 0 unspecified atom stereocenters. The minimum absolute atomic E-state index is 0.0294. The minimum atomic E-state index is -3.79. The number of aryl methyl sites for hydroxylation is 2. The van der Waals surface area contributed by atoms with E-state index < -0.39 is 9.05 Å². The van der Waals surface area contributed by atoms with Crippen LogP contribution in [-0.2, 0) is 31.4 Å². The van der Waals surface area contributed by atoms with Crippen molar-refractivity contribution in [3.05, 3.63) is 23.3 Å². The van der Waals surface area contributed by atoms with Gasteiger partial charge in [0.05, 0.1) is 4.90 Å². The molecule has 0 heterocycles. The minimum Gasteiger partial charge on any atom is -0.372 e. The molecule has 0 atom stereocenters. The third kappa shape index (κ3) is 4.98. The van der Waals surface area contributed by atoms with E-state index in [9.17, 15) is 13.2 Å². The summed E-state index contributed by atoms with van der Waals surface area (Å²) in [5.41, 5.74) is 2.12. The number of carbonyl (C=O) groups excluding carboxylic acids is 1. The molecule has 1 amide bonds. The Labute approximate surface area is 130 Å². The first-order chi connectivity index (χ1) is 9.83. The zero-order chi connectivity index (χ0) is 16.0. The van der Waals surface area contributed by atoms with E-state index in [0.717, 1.165) is 11.1 Å². The summed E-state index contributed by atoms with van der Waals surface area (Å²) >= 11 is 0. The van der Waals surface area contributed by atoms with Crippen LogP contribution >= 0.6 is 10.7 Å². The first-order valence-electron chi connectivity index (χ1n) is 6.81. The molecule has 1 aromatic rings. The molecule has 0 radical (unpaired) electrons. The molecule has 5 nitrogen and oxygen atoms in total. The average Bonchev–Trinajstić information content (AvgIpc) is 2.43. The largest absolute Gasteiger partial charge is 0.372 e. The molecule has 1 aromatic carbocycles. The Morgan fingerprint density at radius 3 is 2.10 bits per heavy atom. The summed E-state index contributed by atoms with van der Waals surface area (Å²) in [4.78, 5) is 11.9. The third-order valence-electron chi connectivity index (χ3n) is 3.02. The van der Waals surface area contributed by atoms with Crippen LogP contribution in [0.5, 0.6) is 0 Å². The van der Waals surface area contributed by atoms with Crippen LogP contribution in [0.2, 0.25) is 0 Å². The van der Waals surface area contributed by atoms with Gasteiger partial charge in [-0.1, -0.05) is 13.8 Å². The predicted molar refractivity (Wildman–Crippen MR) is 83.4 cm³/mol. The first kappa shape index (κ1) is 17.9. The van der Waals surface area contributed by atoms with Crippen molar-refractivity contribution < 1.29 is 17.9 Å². The Hall–Kier alpha value is -1.11. The number of amides is 1. The van der Waals surface area contributed by atoms with Crippen molar-refractivity contribution >= 4 is 31.3 Å². The van der Waals surface area contributed by atoms with Gasteiger partial charge in [0.25, 0.3) is 9.05 Å². The molecule has 0 aromatic heterocycles. The number of hydrogen-bond donors (Lipinski definition) is 1. The van der Waals surface area contributed by atoms with Gasteiger partial charge in [-0.15, -0.1) is 0 Å². The van der Waals surface area contributed by atoms with Gasteiger partial charge in [-0.25, -0.2) is 8.42 Å². The summed E-state index contributed by atoms with van der Waals surface area (Å²) in [6.45, 7) is 6.01. The topological polar surface area (TPSA) is 72.5 Å². The van der Waals surface area contributed by atoms with Crippen molar-refractivity contribution in [2.24, 2.45) is 0 Å². The van der Waals surface area contributed by atoms with E-state index in [1.807, 2.05) is 20.8 Å². The van der Waals surface area contributed by atoms with Gasteiger partial charge in [-0.05, 0) is 43.0 Å². The Morgan fingerprint density at radius 1 is 1.19 bits per heavy atom. The first-order valence-corrected chi connectivity index (χ1v) is 9.12. The number of halogens is 1. The normalized spacial score (nSPS) is 11.4. The van der Waals surface area contributed by atoms with Gasteiger partial charge in [0.2, 0.25) is 5.91 Å². The van der Waals surface area contributed by atoms with Crippen molar-refractivity contribution in [3.63, 3.8) is 0 Å². The average molecular weight is 334 g/mol. The highest BCUT2D eigenvalue weighted by Crippen LogP contribution is 2.28. The quantitative estimate of drug-likeness (QED) is 0.779. The second-order valence-electron chi connectivity index (χ2n) is 4.45. The van der Waals surface area contributed by atoms with Crippen LogP contribution in [0.25, 0.3) is 0 Å².